The number of benzene rings is 1. The van der Waals surface area contributed by atoms with Crippen molar-refractivity contribution in [3.05, 3.63) is 30.1 Å². The third-order valence-electron chi connectivity index (χ3n) is 2.12. The van der Waals surface area contributed by atoms with Gasteiger partial charge in [-0.2, -0.15) is 0 Å². The summed E-state index contributed by atoms with van der Waals surface area (Å²) in [5, 5.41) is 0.833. The molecule has 16 heavy (non-hydrogen) atoms. The fraction of sp³-hybridized carbons (Fsp3) is 0.167. The molecule has 1 heterocycles. The molecule has 0 fully saturated rings. The Morgan fingerprint density at radius 2 is 2.19 bits per heavy atom. The average molecular weight is 232 g/mol. The summed E-state index contributed by atoms with van der Waals surface area (Å²) in [6.07, 6.45) is 2.14. The van der Waals surface area contributed by atoms with Gasteiger partial charge in [0, 0.05) is 23.3 Å². The summed E-state index contributed by atoms with van der Waals surface area (Å²) in [7, 11) is 0. The summed E-state index contributed by atoms with van der Waals surface area (Å²) in [4.78, 5) is 8.06. The zero-order chi connectivity index (χ0) is 11.4. The number of aromatic nitrogens is 2. The Bertz CT molecular complexity index is 569. The van der Waals surface area contributed by atoms with E-state index in [0.717, 1.165) is 16.5 Å². The maximum Gasteiger partial charge on any atom is 0.134 e. The van der Waals surface area contributed by atoms with Gasteiger partial charge in [-0.05, 0) is 18.2 Å². The van der Waals surface area contributed by atoms with E-state index in [1.807, 2.05) is 18.2 Å². The third-order valence-corrected chi connectivity index (χ3v) is 2.31. The fourth-order valence-electron chi connectivity index (χ4n) is 1.37. The minimum Gasteiger partial charge on any atom is -0.383 e. The topological polar surface area (TPSA) is 51.8 Å². The summed E-state index contributed by atoms with van der Waals surface area (Å²) in [5.41, 5.74) is 7.49. The standard InChI is InChI=1S/C12H10ClN3/c13-6-2-1-3-9-4-5-11-10(7-9)12(14)16-8-15-11/h4-5,7-8H,2,6H2,(H2,14,15,16). The first-order valence-electron chi connectivity index (χ1n) is 4.86. The van der Waals surface area contributed by atoms with Crippen LogP contribution in [0.2, 0.25) is 0 Å². The van der Waals surface area contributed by atoms with Gasteiger partial charge in [0.05, 0.1) is 5.52 Å². The Hall–Kier alpha value is -1.79. The van der Waals surface area contributed by atoms with Crippen LogP contribution in [0.5, 0.6) is 0 Å². The third kappa shape index (κ3) is 2.23. The van der Waals surface area contributed by atoms with E-state index in [0.29, 0.717) is 18.1 Å². The monoisotopic (exact) mass is 231 g/mol. The van der Waals surface area contributed by atoms with E-state index in [4.69, 9.17) is 17.3 Å². The van der Waals surface area contributed by atoms with Crippen LogP contribution in [0.15, 0.2) is 24.5 Å². The van der Waals surface area contributed by atoms with Gasteiger partial charge in [-0.3, -0.25) is 0 Å². The molecule has 1 aromatic carbocycles. The smallest absolute Gasteiger partial charge is 0.134 e. The maximum atomic E-state index is 5.76. The molecule has 1 aromatic heterocycles. The second kappa shape index (κ2) is 4.82. The normalized spacial score (nSPS) is 9.81. The van der Waals surface area contributed by atoms with Crippen LogP contribution in [0.4, 0.5) is 5.82 Å². The molecule has 2 aromatic rings. The number of anilines is 1. The number of nitrogen functional groups attached to an aromatic ring is 1. The minimum absolute atomic E-state index is 0.478. The number of nitrogens with two attached hydrogens (primary N) is 1. The molecular formula is C12H10ClN3. The highest BCUT2D eigenvalue weighted by molar-refractivity contribution is 6.18. The van der Waals surface area contributed by atoms with Gasteiger partial charge in [-0.15, -0.1) is 11.6 Å². The number of nitrogens with zero attached hydrogens (tertiary/aromatic N) is 2. The number of fused-ring (bicyclic) bond motifs is 1. The molecule has 0 radical (unpaired) electrons. The van der Waals surface area contributed by atoms with Gasteiger partial charge in [-0.25, -0.2) is 9.97 Å². The van der Waals surface area contributed by atoms with Gasteiger partial charge in [0.15, 0.2) is 0 Å². The molecule has 4 heteroatoms. The van der Waals surface area contributed by atoms with Crippen molar-refractivity contribution in [2.24, 2.45) is 0 Å². The summed E-state index contributed by atoms with van der Waals surface area (Å²) < 4.78 is 0. The Balaban J connectivity index is 2.44. The maximum absolute atomic E-state index is 5.76. The lowest BCUT2D eigenvalue weighted by molar-refractivity contribution is 1.23. The van der Waals surface area contributed by atoms with Crippen LogP contribution in [-0.4, -0.2) is 15.8 Å². The predicted octanol–water partition coefficient (Wildman–Crippen LogP) is 2.19. The molecule has 2 rings (SSSR count). The Morgan fingerprint density at radius 1 is 1.31 bits per heavy atom. The summed E-state index contributed by atoms with van der Waals surface area (Å²) in [6.45, 7) is 0. The lowest BCUT2D eigenvalue weighted by Gasteiger charge is -1.99. The van der Waals surface area contributed by atoms with E-state index in [-0.39, 0.29) is 0 Å². The highest BCUT2D eigenvalue weighted by atomic mass is 35.5. The molecule has 0 bridgehead atoms. The molecule has 0 unspecified atom stereocenters. The largest absolute Gasteiger partial charge is 0.383 e. The first-order valence-corrected chi connectivity index (χ1v) is 5.40. The zero-order valence-corrected chi connectivity index (χ0v) is 9.33. The number of halogens is 1. The van der Waals surface area contributed by atoms with E-state index >= 15 is 0 Å². The first kappa shape index (κ1) is 10.7. The van der Waals surface area contributed by atoms with Crippen molar-refractivity contribution in [3.63, 3.8) is 0 Å². The summed E-state index contributed by atoms with van der Waals surface area (Å²) in [6, 6.07) is 5.69. The van der Waals surface area contributed by atoms with Crippen molar-refractivity contribution in [2.45, 2.75) is 6.42 Å². The van der Waals surface area contributed by atoms with Gasteiger partial charge in [0.25, 0.3) is 0 Å². The van der Waals surface area contributed by atoms with Crippen LogP contribution in [0, 0.1) is 11.8 Å². The molecule has 0 aliphatic carbocycles. The van der Waals surface area contributed by atoms with E-state index in [9.17, 15) is 0 Å². The number of hydrogen-bond acceptors (Lipinski definition) is 3. The van der Waals surface area contributed by atoms with Crippen molar-refractivity contribution in [2.75, 3.05) is 11.6 Å². The molecule has 0 saturated carbocycles. The molecule has 2 N–H and O–H groups in total. The molecule has 0 amide bonds. The highest BCUT2D eigenvalue weighted by Crippen LogP contribution is 2.17. The SMILES string of the molecule is Nc1ncnc2ccc(C#CCCCl)cc12. The van der Waals surface area contributed by atoms with Crippen LogP contribution >= 0.6 is 11.6 Å². The molecular weight excluding hydrogens is 222 g/mol. The van der Waals surface area contributed by atoms with Crippen molar-refractivity contribution in [3.8, 4) is 11.8 Å². The van der Waals surface area contributed by atoms with E-state index in [2.05, 4.69) is 21.8 Å². The highest BCUT2D eigenvalue weighted by Gasteiger charge is 1.99. The Labute approximate surface area is 98.7 Å². The lowest BCUT2D eigenvalue weighted by Crippen LogP contribution is -1.93. The summed E-state index contributed by atoms with van der Waals surface area (Å²) in [5.74, 6) is 7.02. The predicted molar refractivity (Wildman–Crippen MR) is 66.2 cm³/mol. The molecule has 80 valence electrons. The quantitative estimate of drug-likeness (QED) is 0.605. The zero-order valence-electron chi connectivity index (χ0n) is 8.57. The Morgan fingerprint density at radius 3 is 3.00 bits per heavy atom. The number of rotatable bonds is 1. The molecule has 0 aliphatic rings. The lowest BCUT2D eigenvalue weighted by atomic mass is 10.1. The second-order valence-corrected chi connectivity index (χ2v) is 3.61. The Kier molecular flexibility index (Phi) is 3.23. The second-order valence-electron chi connectivity index (χ2n) is 3.23. The van der Waals surface area contributed by atoms with Crippen molar-refractivity contribution < 1.29 is 0 Å². The fourth-order valence-corrected chi connectivity index (χ4v) is 1.46. The molecule has 0 saturated heterocycles. The van der Waals surface area contributed by atoms with Gasteiger partial charge in [0.2, 0.25) is 0 Å². The molecule has 0 aliphatic heterocycles. The van der Waals surface area contributed by atoms with E-state index < -0.39 is 0 Å². The molecule has 0 spiro atoms. The van der Waals surface area contributed by atoms with Crippen LogP contribution in [0.25, 0.3) is 10.9 Å². The van der Waals surface area contributed by atoms with Crippen molar-refractivity contribution >= 4 is 28.3 Å². The summed E-state index contributed by atoms with van der Waals surface area (Å²) >= 11 is 5.55. The number of alkyl halides is 1. The van der Waals surface area contributed by atoms with Crippen LogP contribution < -0.4 is 5.73 Å². The van der Waals surface area contributed by atoms with Gasteiger partial charge in [-0.1, -0.05) is 11.8 Å². The van der Waals surface area contributed by atoms with Gasteiger partial charge >= 0.3 is 0 Å². The van der Waals surface area contributed by atoms with Crippen LogP contribution in [0.3, 0.4) is 0 Å². The van der Waals surface area contributed by atoms with Gasteiger partial charge in [0.1, 0.15) is 12.1 Å². The van der Waals surface area contributed by atoms with Crippen LogP contribution in [-0.2, 0) is 0 Å². The van der Waals surface area contributed by atoms with E-state index in [1.54, 1.807) is 0 Å². The van der Waals surface area contributed by atoms with Gasteiger partial charge < -0.3 is 5.73 Å². The van der Waals surface area contributed by atoms with Crippen molar-refractivity contribution in [1.82, 2.24) is 9.97 Å². The van der Waals surface area contributed by atoms with Crippen molar-refractivity contribution in [1.29, 1.82) is 0 Å². The van der Waals surface area contributed by atoms with Crippen LogP contribution in [0.1, 0.15) is 12.0 Å². The van der Waals surface area contributed by atoms with E-state index in [1.165, 1.54) is 6.33 Å². The molecule has 3 nitrogen and oxygen atoms in total. The molecule has 0 atom stereocenters. The minimum atomic E-state index is 0.478. The number of hydrogen-bond donors (Lipinski definition) is 1. The average Bonchev–Trinajstić information content (AvgIpc) is 2.30. The first-order chi connectivity index (χ1) is 7.81.